The second-order valence-corrected chi connectivity index (χ2v) is 8.42. The van der Waals surface area contributed by atoms with Crippen LogP contribution in [0.25, 0.3) is 10.9 Å². The molecule has 0 saturated carbocycles. The normalized spacial score (nSPS) is 10.9. The Labute approximate surface area is 181 Å². The van der Waals surface area contributed by atoms with Gasteiger partial charge in [-0.05, 0) is 42.0 Å². The summed E-state index contributed by atoms with van der Waals surface area (Å²) in [6.07, 6.45) is 0. The van der Waals surface area contributed by atoms with E-state index in [0.29, 0.717) is 29.4 Å². The van der Waals surface area contributed by atoms with E-state index in [1.165, 1.54) is 11.8 Å². The van der Waals surface area contributed by atoms with Gasteiger partial charge in [-0.25, -0.2) is 4.98 Å². The van der Waals surface area contributed by atoms with E-state index >= 15 is 0 Å². The lowest BCUT2D eigenvalue weighted by Gasteiger charge is -2.13. The summed E-state index contributed by atoms with van der Waals surface area (Å²) in [7, 11) is 0. The number of nitrogens with zero attached hydrogens (tertiary/aromatic N) is 2. The van der Waals surface area contributed by atoms with E-state index in [1.54, 1.807) is 4.57 Å². The van der Waals surface area contributed by atoms with Crippen molar-refractivity contribution < 1.29 is 4.74 Å². The SMILES string of the molecule is O=c1c2ccccc2nc(SCCOc2ccc(Br)cc2)n1Cc1ccccc1. The number of fused-ring (bicyclic) bond motifs is 1. The molecule has 29 heavy (non-hydrogen) atoms. The Balaban J connectivity index is 1.55. The number of ether oxygens (including phenoxy) is 1. The van der Waals surface area contributed by atoms with Crippen molar-refractivity contribution >= 4 is 38.6 Å². The van der Waals surface area contributed by atoms with Gasteiger partial charge in [-0.2, -0.15) is 0 Å². The molecule has 146 valence electrons. The molecule has 0 amide bonds. The lowest BCUT2D eigenvalue weighted by molar-refractivity contribution is 0.343. The summed E-state index contributed by atoms with van der Waals surface area (Å²) in [5, 5.41) is 1.34. The van der Waals surface area contributed by atoms with Crippen molar-refractivity contribution in [3.8, 4) is 5.75 Å². The van der Waals surface area contributed by atoms with E-state index in [0.717, 1.165) is 21.3 Å². The number of hydrogen-bond acceptors (Lipinski definition) is 4. The minimum atomic E-state index is -0.0178. The fourth-order valence-corrected chi connectivity index (χ4v) is 4.07. The maximum absolute atomic E-state index is 13.1. The van der Waals surface area contributed by atoms with Crippen LogP contribution in [0, 0.1) is 0 Å². The van der Waals surface area contributed by atoms with Crippen LogP contribution in [-0.4, -0.2) is 21.9 Å². The first kappa shape index (κ1) is 19.7. The number of benzene rings is 3. The Morgan fingerprint density at radius 2 is 1.66 bits per heavy atom. The van der Waals surface area contributed by atoms with Gasteiger partial charge in [0.2, 0.25) is 0 Å². The van der Waals surface area contributed by atoms with Crippen molar-refractivity contribution in [2.24, 2.45) is 0 Å². The third kappa shape index (κ3) is 4.89. The van der Waals surface area contributed by atoms with E-state index in [2.05, 4.69) is 15.9 Å². The van der Waals surface area contributed by atoms with Crippen LogP contribution in [0.5, 0.6) is 5.75 Å². The zero-order valence-electron chi connectivity index (χ0n) is 15.6. The van der Waals surface area contributed by atoms with Gasteiger partial charge >= 0.3 is 0 Å². The molecule has 1 aromatic heterocycles. The highest BCUT2D eigenvalue weighted by molar-refractivity contribution is 9.10. The van der Waals surface area contributed by atoms with E-state index in [-0.39, 0.29) is 5.56 Å². The zero-order valence-corrected chi connectivity index (χ0v) is 18.0. The summed E-state index contributed by atoms with van der Waals surface area (Å²) < 4.78 is 8.57. The predicted molar refractivity (Wildman–Crippen MR) is 122 cm³/mol. The highest BCUT2D eigenvalue weighted by atomic mass is 79.9. The van der Waals surface area contributed by atoms with Gasteiger partial charge in [-0.1, -0.05) is 70.2 Å². The Kier molecular flexibility index (Phi) is 6.32. The molecule has 0 unspecified atom stereocenters. The minimum absolute atomic E-state index is 0.0178. The number of aromatic nitrogens is 2. The molecule has 3 aromatic carbocycles. The fraction of sp³-hybridized carbons (Fsp3) is 0.130. The van der Waals surface area contributed by atoms with Crippen molar-refractivity contribution in [3.05, 3.63) is 99.3 Å². The summed E-state index contributed by atoms with van der Waals surface area (Å²) >= 11 is 4.95. The van der Waals surface area contributed by atoms with Crippen molar-refractivity contribution in [1.29, 1.82) is 0 Å². The van der Waals surface area contributed by atoms with E-state index < -0.39 is 0 Å². The molecule has 0 atom stereocenters. The molecule has 1 heterocycles. The number of halogens is 1. The lowest BCUT2D eigenvalue weighted by atomic mass is 10.2. The molecule has 0 aliphatic carbocycles. The predicted octanol–water partition coefficient (Wildman–Crippen LogP) is 5.38. The van der Waals surface area contributed by atoms with E-state index in [4.69, 9.17) is 9.72 Å². The van der Waals surface area contributed by atoms with Gasteiger partial charge in [0.1, 0.15) is 5.75 Å². The molecule has 6 heteroatoms. The van der Waals surface area contributed by atoms with Gasteiger partial charge in [0.15, 0.2) is 5.16 Å². The molecule has 0 N–H and O–H groups in total. The molecular weight excluding hydrogens is 448 g/mol. The van der Waals surface area contributed by atoms with Crippen LogP contribution < -0.4 is 10.3 Å². The topological polar surface area (TPSA) is 44.1 Å². The number of thioether (sulfide) groups is 1. The van der Waals surface area contributed by atoms with Gasteiger partial charge < -0.3 is 4.74 Å². The van der Waals surface area contributed by atoms with E-state index in [9.17, 15) is 4.79 Å². The van der Waals surface area contributed by atoms with Crippen LogP contribution in [0.3, 0.4) is 0 Å². The molecule has 0 saturated heterocycles. The van der Waals surface area contributed by atoms with Crippen molar-refractivity contribution in [1.82, 2.24) is 9.55 Å². The monoisotopic (exact) mass is 466 g/mol. The van der Waals surface area contributed by atoms with Gasteiger partial charge in [0, 0.05) is 10.2 Å². The molecule has 0 aliphatic rings. The Morgan fingerprint density at radius 1 is 0.931 bits per heavy atom. The summed E-state index contributed by atoms with van der Waals surface area (Å²) in [4.78, 5) is 17.9. The van der Waals surface area contributed by atoms with Gasteiger partial charge in [0.05, 0.1) is 24.1 Å². The van der Waals surface area contributed by atoms with Crippen molar-refractivity contribution in [2.45, 2.75) is 11.7 Å². The third-order valence-corrected chi connectivity index (χ3v) is 5.88. The Hall–Kier alpha value is -2.57. The summed E-state index contributed by atoms with van der Waals surface area (Å²) in [5.41, 5.74) is 1.77. The number of para-hydroxylation sites is 1. The Bertz CT molecular complexity index is 1160. The highest BCUT2D eigenvalue weighted by Gasteiger charge is 2.12. The van der Waals surface area contributed by atoms with Crippen LogP contribution in [0.1, 0.15) is 5.56 Å². The van der Waals surface area contributed by atoms with Crippen LogP contribution in [0.15, 0.2) is 93.3 Å². The standard InChI is InChI=1S/C23H19BrN2O2S/c24-18-10-12-19(13-11-18)28-14-15-29-23-25-21-9-5-4-8-20(21)22(27)26(23)16-17-6-2-1-3-7-17/h1-13H,14-16H2. The van der Waals surface area contributed by atoms with Gasteiger partial charge in [-0.15, -0.1) is 0 Å². The number of rotatable bonds is 7. The zero-order chi connectivity index (χ0) is 20.1. The average molecular weight is 467 g/mol. The van der Waals surface area contributed by atoms with Gasteiger partial charge in [-0.3, -0.25) is 9.36 Å². The van der Waals surface area contributed by atoms with Crippen LogP contribution in [0.2, 0.25) is 0 Å². The molecule has 0 aliphatic heterocycles. The molecule has 4 aromatic rings. The fourth-order valence-electron chi connectivity index (χ4n) is 2.99. The van der Waals surface area contributed by atoms with E-state index in [1.807, 2.05) is 78.9 Å². The molecule has 0 spiro atoms. The molecule has 4 nitrogen and oxygen atoms in total. The molecule has 0 radical (unpaired) electrons. The molecular formula is C23H19BrN2O2S. The average Bonchev–Trinajstić information content (AvgIpc) is 2.76. The number of hydrogen-bond donors (Lipinski definition) is 0. The summed E-state index contributed by atoms with van der Waals surface area (Å²) in [6.45, 7) is 1.02. The van der Waals surface area contributed by atoms with Crippen molar-refractivity contribution in [3.63, 3.8) is 0 Å². The van der Waals surface area contributed by atoms with Crippen LogP contribution in [-0.2, 0) is 6.54 Å². The molecule has 0 fully saturated rings. The van der Waals surface area contributed by atoms with Crippen molar-refractivity contribution in [2.75, 3.05) is 12.4 Å². The van der Waals surface area contributed by atoms with Gasteiger partial charge in [0.25, 0.3) is 5.56 Å². The van der Waals surface area contributed by atoms with Crippen LogP contribution >= 0.6 is 27.7 Å². The Morgan fingerprint density at radius 3 is 2.45 bits per heavy atom. The molecule has 4 rings (SSSR count). The minimum Gasteiger partial charge on any atom is -0.493 e. The first-order valence-electron chi connectivity index (χ1n) is 9.25. The summed E-state index contributed by atoms with van der Waals surface area (Å²) in [5.74, 6) is 1.51. The summed E-state index contributed by atoms with van der Waals surface area (Å²) in [6, 6.07) is 25.2. The van der Waals surface area contributed by atoms with Crippen LogP contribution in [0.4, 0.5) is 0 Å². The smallest absolute Gasteiger partial charge is 0.262 e. The quantitative estimate of drug-likeness (QED) is 0.208. The first-order chi connectivity index (χ1) is 14.2. The maximum Gasteiger partial charge on any atom is 0.262 e. The second kappa shape index (κ2) is 9.29. The highest BCUT2D eigenvalue weighted by Crippen LogP contribution is 2.20. The maximum atomic E-state index is 13.1. The largest absolute Gasteiger partial charge is 0.493 e. The second-order valence-electron chi connectivity index (χ2n) is 6.44. The first-order valence-corrected chi connectivity index (χ1v) is 11.0. The lowest BCUT2D eigenvalue weighted by Crippen LogP contribution is -2.24. The third-order valence-electron chi connectivity index (χ3n) is 4.41. The molecule has 0 bridgehead atoms.